The van der Waals surface area contributed by atoms with Crippen molar-refractivity contribution in [1.29, 1.82) is 0 Å². The van der Waals surface area contributed by atoms with Crippen LogP contribution in [-0.4, -0.2) is 23.6 Å². The Morgan fingerprint density at radius 3 is 2.72 bits per heavy atom. The fourth-order valence-corrected chi connectivity index (χ4v) is 5.65. The maximum Gasteiger partial charge on any atom is 0.254 e. The molecule has 2 aromatic heterocycles. The van der Waals surface area contributed by atoms with Gasteiger partial charge in [0.25, 0.3) is 5.91 Å². The maximum atomic E-state index is 13.2. The number of nitrogens with zero attached hydrogens (tertiary/aromatic N) is 1. The van der Waals surface area contributed by atoms with Crippen LogP contribution in [0.4, 0.5) is 0 Å². The minimum Gasteiger partial charge on any atom is -0.326 e. The van der Waals surface area contributed by atoms with Gasteiger partial charge >= 0.3 is 0 Å². The van der Waals surface area contributed by atoms with Gasteiger partial charge in [-0.2, -0.15) is 11.8 Å². The molecule has 1 aromatic carbocycles. The molecule has 25 heavy (non-hydrogen) atoms. The number of hydrogen-bond acceptors (Lipinski definition) is 4. The molecule has 3 aromatic rings. The van der Waals surface area contributed by atoms with E-state index >= 15 is 0 Å². The van der Waals surface area contributed by atoms with E-state index in [-0.39, 0.29) is 11.9 Å². The summed E-state index contributed by atoms with van der Waals surface area (Å²) < 4.78 is 0. The van der Waals surface area contributed by atoms with Crippen molar-refractivity contribution in [2.24, 2.45) is 0 Å². The summed E-state index contributed by atoms with van der Waals surface area (Å²) in [6.45, 7) is 0.779. The fourth-order valence-electron chi connectivity index (χ4n) is 3.36. The van der Waals surface area contributed by atoms with Crippen molar-refractivity contribution in [1.82, 2.24) is 4.90 Å². The van der Waals surface area contributed by atoms with E-state index in [0.717, 1.165) is 24.3 Å². The first-order chi connectivity index (χ1) is 12.3. The molecule has 0 radical (unpaired) electrons. The third-order valence-electron chi connectivity index (χ3n) is 4.55. The van der Waals surface area contributed by atoms with Crippen LogP contribution in [0.5, 0.6) is 0 Å². The van der Waals surface area contributed by atoms with Crippen LogP contribution in [0.25, 0.3) is 0 Å². The largest absolute Gasteiger partial charge is 0.326 e. The van der Waals surface area contributed by atoms with Gasteiger partial charge in [-0.25, -0.2) is 0 Å². The minimum absolute atomic E-state index is 0.0494. The molecule has 0 spiro atoms. The van der Waals surface area contributed by atoms with Crippen LogP contribution in [0.3, 0.4) is 0 Å². The molecule has 0 saturated heterocycles. The quantitative estimate of drug-likeness (QED) is 0.594. The third kappa shape index (κ3) is 3.28. The first kappa shape index (κ1) is 16.9. The monoisotopic (exact) mass is 385 g/mol. The number of thiophene rings is 2. The summed E-state index contributed by atoms with van der Waals surface area (Å²) >= 11 is 5.33. The van der Waals surface area contributed by atoms with Crippen LogP contribution in [0.15, 0.2) is 53.2 Å². The van der Waals surface area contributed by atoms with Gasteiger partial charge in [-0.1, -0.05) is 18.2 Å². The number of benzene rings is 1. The summed E-state index contributed by atoms with van der Waals surface area (Å²) in [6, 6.07) is 14.5. The van der Waals surface area contributed by atoms with Crippen molar-refractivity contribution in [3.63, 3.8) is 0 Å². The molecular weight excluding hydrogens is 366 g/mol. The summed E-state index contributed by atoms with van der Waals surface area (Å²) in [5.41, 5.74) is 3.34. The highest BCUT2D eigenvalue weighted by Gasteiger charge is 2.33. The van der Waals surface area contributed by atoms with Crippen molar-refractivity contribution in [2.75, 3.05) is 12.8 Å². The number of carbonyl (C=O) groups excluding carboxylic acids is 1. The minimum atomic E-state index is 0.0494. The Kier molecular flexibility index (Phi) is 4.97. The molecule has 0 aliphatic carbocycles. The van der Waals surface area contributed by atoms with Crippen LogP contribution < -0.4 is 0 Å². The molecule has 1 aliphatic rings. The fraction of sp³-hybridized carbons (Fsp3) is 0.250. The lowest BCUT2D eigenvalue weighted by molar-refractivity contribution is 0.0699. The molecule has 2 nitrogen and oxygen atoms in total. The molecule has 0 bridgehead atoms. The summed E-state index contributed by atoms with van der Waals surface area (Å²) in [7, 11) is 0. The van der Waals surface area contributed by atoms with Gasteiger partial charge in [0, 0.05) is 27.6 Å². The van der Waals surface area contributed by atoms with Crippen LogP contribution in [-0.2, 0) is 12.2 Å². The molecule has 1 amide bonds. The zero-order valence-electron chi connectivity index (χ0n) is 14.0. The summed E-state index contributed by atoms with van der Waals surface area (Å²) in [4.78, 5) is 17.9. The van der Waals surface area contributed by atoms with E-state index in [1.165, 1.54) is 20.9 Å². The lowest BCUT2D eigenvalue weighted by atomic mass is 9.97. The Morgan fingerprint density at radius 2 is 2.00 bits per heavy atom. The van der Waals surface area contributed by atoms with Crippen molar-refractivity contribution in [3.05, 3.63) is 79.7 Å². The van der Waals surface area contributed by atoms with Crippen LogP contribution >= 0.6 is 34.4 Å². The summed E-state index contributed by atoms with van der Waals surface area (Å²) in [5.74, 6) is 1.11. The molecule has 0 N–H and O–H groups in total. The molecular formula is C20H19NOS3. The maximum absolute atomic E-state index is 13.2. The Morgan fingerprint density at radius 1 is 1.16 bits per heavy atom. The second-order valence-electron chi connectivity index (χ2n) is 6.10. The smallest absolute Gasteiger partial charge is 0.254 e. The standard InChI is InChI=1S/C20H19NOS3/c1-23-13-14-4-6-15(7-5-14)20(22)21-10-8-17-16(9-12-25-17)19(21)18-3-2-11-24-18/h2-7,9,11-12,19H,8,10,13H2,1H3/t19-/m0/s1. The van der Waals surface area contributed by atoms with Crippen molar-refractivity contribution in [3.8, 4) is 0 Å². The number of carbonyl (C=O) groups is 1. The molecule has 1 aliphatic heterocycles. The molecule has 0 saturated carbocycles. The lowest BCUT2D eigenvalue weighted by Gasteiger charge is -2.35. The predicted octanol–water partition coefficient (Wildman–Crippen LogP) is 5.46. The average Bonchev–Trinajstić information content (AvgIpc) is 3.33. The zero-order valence-corrected chi connectivity index (χ0v) is 16.4. The van der Waals surface area contributed by atoms with Crippen LogP contribution in [0.2, 0.25) is 0 Å². The van der Waals surface area contributed by atoms with Crippen LogP contribution in [0, 0.1) is 0 Å². The van der Waals surface area contributed by atoms with Gasteiger partial charge in [0.15, 0.2) is 0 Å². The lowest BCUT2D eigenvalue weighted by Crippen LogP contribution is -2.39. The van der Waals surface area contributed by atoms with E-state index in [1.807, 2.05) is 28.4 Å². The van der Waals surface area contributed by atoms with Crippen molar-refractivity contribution >= 4 is 40.3 Å². The average molecular weight is 386 g/mol. The number of fused-ring (bicyclic) bond motifs is 1. The SMILES string of the molecule is CSCc1ccc(C(=O)N2CCc3sccc3[C@H]2c2cccs2)cc1. The Balaban J connectivity index is 1.67. The first-order valence-corrected chi connectivity index (χ1v) is 11.4. The second kappa shape index (κ2) is 7.36. The molecule has 128 valence electrons. The highest BCUT2D eigenvalue weighted by molar-refractivity contribution is 7.97. The van der Waals surface area contributed by atoms with E-state index in [4.69, 9.17) is 0 Å². The molecule has 4 rings (SSSR count). The predicted molar refractivity (Wildman–Crippen MR) is 109 cm³/mol. The van der Waals surface area contributed by atoms with Crippen LogP contribution in [0.1, 0.15) is 37.3 Å². The van der Waals surface area contributed by atoms with Gasteiger partial charge in [-0.05, 0) is 58.8 Å². The Labute approximate surface area is 160 Å². The molecule has 3 heterocycles. The van der Waals surface area contributed by atoms with E-state index in [0.29, 0.717) is 0 Å². The Hall–Kier alpha value is -1.56. The van der Waals surface area contributed by atoms with Gasteiger partial charge in [0.1, 0.15) is 0 Å². The zero-order chi connectivity index (χ0) is 17.2. The third-order valence-corrected chi connectivity index (χ3v) is 7.09. The van der Waals surface area contributed by atoms with E-state index in [2.05, 4.69) is 47.3 Å². The number of thioether (sulfide) groups is 1. The van der Waals surface area contributed by atoms with Gasteiger partial charge < -0.3 is 4.90 Å². The summed E-state index contributed by atoms with van der Waals surface area (Å²) in [6.07, 6.45) is 3.04. The van der Waals surface area contributed by atoms with E-state index in [9.17, 15) is 4.79 Å². The molecule has 5 heteroatoms. The normalized spacial score (nSPS) is 16.7. The first-order valence-electron chi connectivity index (χ1n) is 8.26. The van der Waals surface area contributed by atoms with Crippen molar-refractivity contribution in [2.45, 2.75) is 18.2 Å². The van der Waals surface area contributed by atoms with Gasteiger partial charge in [-0.3, -0.25) is 4.79 Å². The topological polar surface area (TPSA) is 20.3 Å². The number of hydrogen-bond donors (Lipinski definition) is 0. The van der Waals surface area contributed by atoms with Crippen molar-refractivity contribution < 1.29 is 4.79 Å². The molecule has 0 unspecified atom stereocenters. The second-order valence-corrected chi connectivity index (χ2v) is 8.94. The van der Waals surface area contributed by atoms with Gasteiger partial charge in [0.2, 0.25) is 0 Å². The number of amides is 1. The number of rotatable bonds is 4. The van der Waals surface area contributed by atoms with Gasteiger partial charge in [0.05, 0.1) is 6.04 Å². The van der Waals surface area contributed by atoms with E-state index in [1.54, 1.807) is 23.1 Å². The summed E-state index contributed by atoms with van der Waals surface area (Å²) in [5, 5.41) is 4.24. The molecule has 0 fully saturated rings. The van der Waals surface area contributed by atoms with E-state index < -0.39 is 0 Å². The highest BCUT2D eigenvalue weighted by Crippen LogP contribution is 2.40. The molecule has 1 atom stereocenters. The Bertz CT molecular complexity index is 851. The van der Waals surface area contributed by atoms with Gasteiger partial charge in [-0.15, -0.1) is 22.7 Å². The highest BCUT2D eigenvalue weighted by atomic mass is 32.2.